The Hall–Kier alpha value is -3.84. The van der Waals surface area contributed by atoms with E-state index in [9.17, 15) is 5.21 Å². The van der Waals surface area contributed by atoms with E-state index in [4.69, 9.17) is 10.8 Å². The molecule has 7 nitrogen and oxygen atoms in total. The van der Waals surface area contributed by atoms with Gasteiger partial charge in [0.25, 0.3) is 0 Å². The highest BCUT2D eigenvalue weighted by atomic mass is 16.4. The van der Waals surface area contributed by atoms with E-state index in [1.807, 2.05) is 42.6 Å². The zero-order chi connectivity index (χ0) is 20.5. The van der Waals surface area contributed by atoms with Crippen LogP contribution in [0, 0.1) is 0 Å². The van der Waals surface area contributed by atoms with Crippen LogP contribution in [0.15, 0.2) is 72.4 Å². The van der Waals surface area contributed by atoms with Crippen LogP contribution < -0.4 is 5.73 Å². The third-order valence-electron chi connectivity index (χ3n) is 5.43. The zero-order valence-electron chi connectivity index (χ0n) is 16.2. The van der Waals surface area contributed by atoms with Crippen LogP contribution >= 0.6 is 0 Å². The summed E-state index contributed by atoms with van der Waals surface area (Å²) in [6, 6.07) is 14.0. The van der Waals surface area contributed by atoms with Crippen molar-refractivity contribution < 1.29 is 5.21 Å². The van der Waals surface area contributed by atoms with Crippen molar-refractivity contribution in [2.45, 2.75) is 19.4 Å². The minimum atomic E-state index is 0.453. The standard InChI is InChI=1S/C23H20N6O/c24-12-15-1-6-22(26-13-15)29-14-20(23(27-29)16-7-9-25-10-8-16)18-2-4-19-17(11-18)3-5-21(19)28-30/h1-2,4,6-11,13-14,30H,3,5,12,24H2. The largest absolute Gasteiger partial charge is 0.411 e. The van der Waals surface area contributed by atoms with Crippen molar-refractivity contribution in [3.8, 4) is 28.2 Å². The molecule has 3 N–H and O–H groups in total. The summed E-state index contributed by atoms with van der Waals surface area (Å²) < 4.78 is 1.79. The number of nitrogens with zero attached hydrogens (tertiary/aromatic N) is 5. The number of aryl methyl sites for hydroxylation is 1. The molecular formula is C23H20N6O. The molecule has 0 radical (unpaired) electrons. The number of oxime groups is 1. The first-order chi connectivity index (χ1) is 14.8. The fraction of sp³-hybridized carbons (Fsp3) is 0.130. The first-order valence-electron chi connectivity index (χ1n) is 9.77. The monoisotopic (exact) mass is 396 g/mol. The van der Waals surface area contributed by atoms with E-state index in [2.05, 4.69) is 21.2 Å². The normalized spacial score (nSPS) is 14.2. The summed E-state index contributed by atoms with van der Waals surface area (Å²) in [5.74, 6) is 0.726. The topological polar surface area (TPSA) is 102 Å². The quantitative estimate of drug-likeness (QED) is 0.405. The second-order valence-corrected chi connectivity index (χ2v) is 7.22. The summed E-state index contributed by atoms with van der Waals surface area (Å²) in [5, 5.41) is 17.5. The number of aromatic nitrogens is 4. The maximum atomic E-state index is 9.21. The molecule has 3 aromatic heterocycles. The minimum absolute atomic E-state index is 0.453. The van der Waals surface area contributed by atoms with Crippen molar-refractivity contribution in [1.29, 1.82) is 0 Å². The van der Waals surface area contributed by atoms with E-state index in [1.165, 1.54) is 5.56 Å². The smallest absolute Gasteiger partial charge is 0.153 e. The fourth-order valence-electron chi connectivity index (χ4n) is 3.84. The van der Waals surface area contributed by atoms with E-state index in [-0.39, 0.29) is 0 Å². The Morgan fingerprint density at radius 3 is 2.60 bits per heavy atom. The predicted molar refractivity (Wildman–Crippen MR) is 115 cm³/mol. The van der Waals surface area contributed by atoms with Crippen molar-refractivity contribution in [3.05, 3.63) is 83.9 Å². The average Bonchev–Trinajstić information content (AvgIpc) is 3.44. The fourth-order valence-corrected chi connectivity index (χ4v) is 3.84. The van der Waals surface area contributed by atoms with Gasteiger partial charge in [-0.25, -0.2) is 9.67 Å². The van der Waals surface area contributed by atoms with E-state index in [0.29, 0.717) is 6.54 Å². The lowest BCUT2D eigenvalue weighted by atomic mass is 9.98. The van der Waals surface area contributed by atoms with E-state index in [1.54, 1.807) is 23.3 Å². The molecule has 1 aliphatic rings. The summed E-state index contributed by atoms with van der Waals surface area (Å²) in [6.45, 7) is 0.453. The number of hydrogen-bond donors (Lipinski definition) is 2. The maximum Gasteiger partial charge on any atom is 0.153 e. The molecule has 3 heterocycles. The molecule has 0 bridgehead atoms. The van der Waals surface area contributed by atoms with Gasteiger partial charge < -0.3 is 10.9 Å². The number of rotatable bonds is 4. The number of pyridine rings is 2. The molecule has 0 saturated heterocycles. The van der Waals surface area contributed by atoms with Gasteiger partial charge >= 0.3 is 0 Å². The minimum Gasteiger partial charge on any atom is -0.411 e. The third-order valence-corrected chi connectivity index (χ3v) is 5.43. The summed E-state index contributed by atoms with van der Waals surface area (Å²) in [6.07, 6.45) is 8.91. The molecule has 0 aliphatic heterocycles. The Kier molecular flexibility index (Phi) is 4.57. The average molecular weight is 396 g/mol. The molecule has 0 atom stereocenters. The molecule has 0 saturated carbocycles. The van der Waals surface area contributed by atoms with Crippen LogP contribution in [-0.2, 0) is 13.0 Å². The van der Waals surface area contributed by atoms with E-state index >= 15 is 0 Å². The van der Waals surface area contributed by atoms with Gasteiger partial charge in [-0.2, -0.15) is 5.10 Å². The predicted octanol–water partition coefficient (Wildman–Crippen LogP) is 3.58. The van der Waals surface area contributed by atoms with Gasteiger partial charge in [-0.05, 0) is 47.7 Å². The molecule has 0 amide bonds. The molecule has 5 rings (SSSR count). The second kappa shape index (κ2) is 7.53. The van der Waals surface area contributed by atoms with Gasteiger partial charge in [0, 0.05) is 48.0 Å². The molecule has 30 heavy (non-hydrogen) atoms. The van der Waals surface area contributed by atoms with E-state index < -0.39 is 0 Å². The molecule has 148 valence electrons. The van der Waals surface area contributed by atoms with Crippen LogP contribution in [0.5, 0.6) is 0 Å². The lowest BCUT2D eigenvalue weighted by Crippen LogP contribution is -2.01. The van der Waals surface area contributed by atoms with Crippen LogP contribution in [0.1, 0.15) is 23.1 Å². The van der Waals surface area contributed by atoms with Crippen molar-refractivity contribution in [2.24, 2.45) is 10.9 Å². The lowest BCUT2D eigenvalue weighted by molar-refractivity contribution is 0.318. The van der Waals surface area contributed by atoms with Crippen molar-refractivity contribution in [2.75, 3.05) is 0 Å². The Morgan fingerprint density at radius 2 is 1.87 bits per heavy atom. The summed E-state index contributed by atoms with van der Waals surface area (Å²) >= 11 is 0. The van der Waals surface area contributed by atoms with Crippen molar-refractivity contribution in [3.63, 3.8) is 0 Å². The number of fused-ring (bicyclic) bond motifs is 1. The van der Waals surface area contributed by atoms with Crippen LogP contribution in [0.2, 0.25) is 0 Å². The summed E-state index contributed by atoms with van der Waals surface area (Å²) in [4.78, 5) is 8.63. The summed E-state index contributed by atoms with van der Waals surface area (Å²) in [7, 11) is 0. The van der Waals surface area contributed by atoms with Gasteiger partial charge in [0.2, 0.25) is 0 Å². The third kappa shape index (κ3) is 3.15. The van der Waals surface area contributed by atoms with Crippen molar-refractivity contribution >= 4 is 5.71 Å². The van der Waals surface area contributed by atoms with Gasteiger partial charge in [0.1, 0.15) is 5.69 Å². The van der Waals surface area contributed by atoms with Gasteiger partial charge in [-0.15, -0.1) is 0 Å². The molecule has 1 aromatic carbocycles. The number of nitrogens with two attached hydrogens (primary N) is 1. The highest BCUT2D eigenvalue weighted by Crippen LogP contribution is 2.34. The Labute approximate surface area is 173 Å². The Balaban J connectivity index is 1.64. The Bertz CT molecular complexity index is 1230. The number of benzene rings is 1. The van der Waals surface area contributed by atoms with Crippen LogP contribution in [0.4, 0.5) is 0 Å². The lowest BCUT2D eigenvalue weighted by Gasteiger charge is -2.05. The zero-order valence-corrected chi connectivity index (χ0v) is 16.2. The first kappa shape index (κ1) is 18.2. The van der Waals surface area contributed by atoms with Crippen molar-refractivity contribution in [1.82, 2.24) is 19.7 Å². The first-order valence-corrected chi connectivity index (χ1v) is 9.77. The molecule has 0 spiro atoms. The van der Waals surface area contributed by atoms with E-state index in [0.717, 1.165) is 57.9 Å². The van der Waals surface area contributed by atoms with Crippen LogP contribution in [-0.4, -0.2) is 30.7 Å². The number of hydrogen-bond acceptors (Lipinski definition) is 6. The van der Waals surface area contributed by atoms with Crippen LogP contribution in [0.3, 0.4) is 0 Å². The maximum absolute atomic E-state index is 9.21. The SMILES string of the molecule is NCc1ccc(-n2cc(-c3ccc4c(c3)CCC4=NO)c(-c3ccncc3)n2)nc1. The van der Waals surface area contributed by atoms with Crippen LogP contribution in [0.25, 0.3) is 28.2 Å². The molecule has 1 aliphatic carbocycles. The second-order valence-electron chi connectivity index (χ2n) is 7.22. The van der Waals surface area contributed by atoms with Gasteiger partial charge in [0.05, 0.1) is 5.71 Å². The highest BCUT2D eigenvalue weighted by molar-refractivity contribution is 6.04. The highest BCUT2D eigenvalue weighted by Gasteiger charge is 2.21. The summed E-state index contributed by atoms with van der Waals surface area (Å²) in [5.41, 5.74) is 13.5. The molecular weight excluding hydrogens is 376 g/mol. The molecule has 0 fully saturated rings. The van der Waals surface area contributed by atoms with Gasteiger partial charge in [-0.3, -0.25) is 4.98 Å². The molecule has 4 aromatic rings. The Morgan fingerprint density at radius 1 is 1.00 bits per heavy atom. The molecule has 7 heteroatoms. The van der Waals surface area contributed by atoms with Gasteiger partial charge in [-0.1, -0.05) is 29.4 Å². The molecule has 0 unspecified atom stereocenters. The van der Waals surface area contributed by atoms with Gasteiger partial charge in [0.15, 0.2) is 5.82 Å².